The van der Waals surface area contributed by atoms with Crippen molar-refractivity contribution >= 4 is 5.91 Å². The van der Waals surface area contributed by atoms with E-state index in [1.165, 1.54) is 44.1 Å². The van der Waals surface area contributed by atoms with Gasteiger partial charge < -0.3 is 10.1 Å². The van der Waals surface area contributed by atoms with Crippen LogP contribution in [0.5, 0.6) is 5.75 Å². The van der Waals surface area contributed by atoms with Gasteiger partial charge in [-0.1, -0.05) is 36.4 Å². The second-order valence-corrected chi connectivity index (χ2v) is 9.30. The average Bonchev–Trinajstić information content (AvgIpc) is 2.67. The van der Waals surface area contributed by atoms with Crippen LogP contribution in [0.2, 0.25) is 0 Å². The van der Waals surface area contributed by atoms with Crippen LogP contribution in [0.25, 0.3) is 0 Å². The third-order valence-electron chi connectivity index (χ3n) is 7.24. The first-order valence-electron chi connectivity index (χ1n) is 10.7. The number of hydrogen-bond donors (Lipinski definition) is 1. The number of methoxy groups -OCH3 is 1. The Labute approximate surface area is 167 Å². The molecule has 2 aromatic carbocycles. The van der Waals surface area contributed by atoms with Crippen LogP contribution in [0, 0.1) is 17.8 Å². The number of rotatable bonds is 5. The Morgan fingerprint density at radius 3 is 2.21 bits per heavy atom. The van der Waals surface area contributed by atoms with Gasteiger partial charge in [-0.3, -0.25) is 4.79 Å². The van der Waals surface area contributed by atoms with Gasteiger partial charge >= 0.3 is 0 Å². The number of carbonyl (C=O) groups is 1. The lowest BCUT2D eigenvalue weighted by Gasteiger charge is -2.56. The number of ether oxygens (including phenoxy) is 1. The molecule has 6 rings (SSSR count). The first kappa shape index (κ1) is 17.8. The summed E-state index contributed by atoms with van der Waals surface area (Å²) in [6.07, 6.45) is 8.36. The van der Waals surface area contributed by atoms with E-state index < -0.39 is 0 Å². The summed E-state index contributed by atoms with van der Waals surface area (Å²) < 4.78 is 5.62. The normalized spacial score (nSPS) is 30.2. The summed E-state index contributed by atoms with van der Waals surface area (Å²) in [5.41, 5.74) is 2.96. The quantitative estimate of drug-likeness (QED) is 0.800. The SMILES string of the molecule is COc1cccc(C(=O)NC23CC4CC(CC(C4)C2)C3)c1Cc1ccccc1. The van der Waals surface area contributed by atoms with Gasteiger partial charge in [-0.25, -0.2) is 0 Å². The van der Waals surface area contributed by atoms with E-state index in [-0.39, 0.29) is 11.4 Å². The molecular formula is C25H29NO2. The van der Waals surface area contributed by atoms with E-state index in [1.807, 2.05) is 36.4 Å². The molecule has 0 heterocycles. The van der Waals surface area contributed by atoms with Crippen LogP contribution >= 0.6 is 0 Å². The molecule has 2 aromatic rings. The summed E-state index contributed by atoms with van der Waals surface area (Å²) in [5, 5.41) is 3.52. The molecule has 0 spiro atoms. The molecule has 4 bridgehead atoms. The van der Waals surface area contributed by atoms with Crippen LogP contribution in [0.1, 0.15) is 60.0 Å². The van der Waals surface area contributed by atoms with Gasteiger partial charge in [-0.2, -0.15) is 0 Å². The van der Waals surface area contributed by atoms with Gasteiger partial charge in [-0.15, -0.1) is 0 Å². The summed E-state index contributed by atoms with van der Waals surface area (Å²) in [6, 6.07) is 16.2. The maximum Gasteiger partial charge on any atom is 0.252 e. The van der Waals surface area contributed by atoms with E-state index in [2.05, 4.69) is 17.4 Å². The van der Waals surface area contributed by atoms with Gasteiger partial charge in [0.15, 0.2) is 0 Å². The Morgan fingerprint density at radius 2 is 1.61 bits per heavy atom. The van der Waals surface area contributed by atoms with E-state index in [0.717, 1.165) is 34.6 Å². The molecule has 4 saturated carbocycles. The third-order valence-corrected chi connectivity index (χ3v) is 7.24. The number of hydrogen-bond acceptors (Lipinski definition) is 2. The molecule has 4 aliphatic rings. The lowest BCUT2D eigenvalue weighted by Crippen LogP contribution is -2.59. The first-order valence-corrected chi connectivity index (χ1v) is 10.7. The van der Waals surface area contributed by atoms with Gasteiger partial charge in [0.05, 0.1) is 7.11 Å². The summed E-state index contributed by atoms with van der Waals surface area (Å²) >= 11 is 0. The van der Waals surface area contributed by atoms with Crippen molar-refractivity contribution in [3.8, 4) is 5.75 Å². The van der Waals surface area contributed by atoms with E-state index in [0.29, 0.717) is 6.42 Å². The molecule has 146 valence electrons. The maximum atomic E-state index is 13.4. The van der Waals surface area contributed by atoms with Crippen LogP contribution < -0.4 is 10.1 Å². The van der Waals surface area contributed by atoms with Crippen molar-refractivity contribution in [3.63, 3.8) is 0 Å². The largest absolute Gasteiger partial charge is 0.496 e. The highest BCUT2D eigenvalue weighted by Gasteiger charge is 2.51. The Balaban J connectivity index is 1.43. The Hall–Kier alpha value is -2.29. The minimum atomic E-state index is 0.0267. The highest BCUT2D eigenvalue weighted by molar-refractivity contribution is 5.97. The average molecular weight is 376 g/mol. The van der Waals surface area contributed by atoms with Crippen molar-refractivity contribution in [2.75, 3.05) is 7.11 Å². The van der Waals surface area contributed by atoms with Crippen molar-refractivity contribution in [3.05, 3.63) is 65.2 Å². The zero-order valence-electron chi connectivity index (χ0n) is 16.6. The van der Waals surface area contributed by atoms with Gasteiger partial charge in [0.1, 0.15) is 5.75 Å². The zero-order valence-corrected chi connectivity index (χ0v) is 16.6. The Bertz CT molecular complexity index is 838. The van der Waals surface area contributed by atoms with E-state index in [9.17, 15) is 4.79 Å². The minimum Gasteiger partial charge on any atom is -0.496 e. The fourth-order valence-electron chi connectivity index (χ4n) is 6.52. The molecule has 1 amide bonds. The summed E-state index contributed by atoms with van der Waals surface area (Å²) in [4.78, 5) is 13.4. The van der Waals surface area contributed by atoms with E-state index in [4.69, 9.17) is 4.74 Å². The number of carbonyl (C=O) groups excluding carboxylic acids is 1. The second kappa shape index (κ2) is 6.95. The molecule has 0 atom stereocenters. The Morgan fingerprint density at radius 1 is 0.964 bits per heavy atom. The second-order valence-electron chi connectivity index (χ2n) is 9.30. The van der Waals surface area contributed by atoms with Gasteiger partial charge in [0.2, 0.25) is 0 Å². The molecule has 0 saturated heterocycles. The zero-order chi connectivity index (χ0) is 19.1. The highest BCUT2D eigenvalue weighted by atomic mass is 16.5. The topological polar surface area (TPSA) is 38.3 Å². The summed E-state index contributed by atoms with van der Waals surface area (Å²) in [7, 11) is 1.69. The number of amides is 1. The van der Waals surface area contributed by atoms with E-state index >= 15 is 0 Å². The third kappa shape index (κ3) is 3.21. The van der Waals surface area contributed by atoms with Gasteiger partial charge in [-0.05, 0) is 74.0 Å². The molecule has 0 unspecified atom stereocenters. The maximum absolute atomic E-state index is 13.4. The predicted molar refractivity (Wildman–Crippen MR) is 111 cm³/mol. The molecule has 4 aliphatic carbocycles. The Kier molecular flexibility index (Phi) is 4.41. The van der Waals surface area contributed by atoms with Crippen molar-refractivity contribution in [2.45, 2.75) is 50.5 Å². The van der Waals surface area contributed by atoms with Gasteiger partial charge in [0, 0.05) is 23.1 Å². The predicted octanol–water partition coefficient (Wildman–Crippen LogP) is 4.98. The molecular weight excluding hydrogens is 346 g/mol. The monoisotopic (exact) mass is 375 g/mol. The minimum absolute atomic E-state index is 0.0267. The molecule has 28 heavy (non-hydrogen) atoms. The van der Waals surface area contributed by atoms with Crippen LogP contribution in [0.15, 0.2) is 48.5 Å². The lowest BCUT2D eigenvalue weighted by atomic mass is 9.53. The fourth-order valence-corrected chi connectivity index (χ4v) is 6.52. The van der Waals surface area contributed by atoms with Crippen LogP contribution in [0.4, 0.5) is 0 Å². The standard InChI is InChI=1S/C25H29NO2/c1-28-23-9-5-8-21(22(23)13-17-6-3-2-4-7-17)24(27)26-25-14-18-10-19(15-25)12-20(11-18)16-25/h2-9,18-20H,10-16H2,1H3,(H,26,27). The summed E-state index contributed by atoms with van der Waals surface area (Å²) in [5.74, 6) is 3.33. The van der Waals surface area contributed by atoms with E-state index in [1.54, 1.807) is 7.11 Å². The molecule has 0 radical (unpaired) electrons. The smallest absolute Gasteiger partial charge is 0.252 e. The fraction of sp³-hybridized carbons (Fsp3) is 0.480. The highest BCUT2D eigenvalue weighted by Crippen LogP contribution is 2.55. The lowest BCUT2D eigenvalue weighted by molar-refractivity contribution is -0.0167. The summed E-state index contributed by atoms with van der Waals surface area (Å²) in [6.45, 7) is 0. The van der Waals surface area contributed by atoms with Crippen LogP contribution in [0.3, 0.4) is 0 Å². The molecule has 4 fully saturated rings. The molecule has 0 aliphatic heterocycles. The van der Waals surface area contributed by atoms with Crippen molar-refractivity contribution in [1.82, 2.24) is 5.32 Å². The van der Waals surface area contributed by atoms with Crippen LogP contribution in [-0.4, -0.2) is 18.6 Å². The van der Waals surface area contributed by atoms with Gasteiger partial charge in [0.25, 0.3) is 5.91 Å². The molecule has 3 heteroatoms. The van der Waals surface area contributed by atoms with Crippen molar-refractivity contribution < 1.29 is 9.53 Å². The van der Waals surface area contributed by atoms with Crippen molar-refractivity contribution in [1.29, 1.82) is 0 Å². The first-order chi connectivity index (χ1) is 13.6. The van der Waals surface area contributed by atoms with Crippen LogP contribution in [-0.2, 0) is 6.42 Å². The molecule has 3 nitrogen and oxygen atoms in total. The van der Waals surface area contributed by atoms with Crippen molar-refractivity contribution in [2.24, 2.45) is 17.8 Å². The number of nitrogens with one attached hydrogen (secondary N) is 1. The number of benzene rings is 2. The molecule has 0 aromatic heterocycles. The molecule has 1 N–H and O–H groups in total.